The Balaban J connectivity index is 1.67. The summed E-state index contributed by atoms with van der Waals surface area (Å²) in [5.41, 5.74) is 2.85. The van der Waals surface area contributed by atoms with Crippen molar-refractivity contribution in [3.8, 4) is 11.5 Å². The Morgan fingerprint density at radius 1 is 0.964 bits per heavy atom. The van der Waals surface area contributed by atoms with Crippen molar-refractivity contribution in [3.05, 3.63) is 64.8 Å². The number of nitrogens with zero attached hydrogens (tertiary/aromatic N) is 2. The Kier molecular flexibility index (Phi) is 6.55. The second kappa shape index (κ2) is 9.28. The maximum Gasteiger partial charge on any atom is 0.229 e. The fourth-order valence-electron chi connectivity index (χ4n) is 2.79. The van der Waals surface area contributed by atoms with Crippen molar-refractivity contribution in [1.29, 1.82) is 0 Å². The summed E-state index contributed by atoms with van der Waals surface area (Å²) < 4.78 is 10.6. The van der Waals surface area contributed by atoms with E-state index in [1.54, 1.807) is 14.2 Å². The van der Waals surface area contributed by atoms with Crippen LogP contribution in [0, 0.1) is 6.92 Å². The van der Waals surface area contributed by atoms with E-state index in [1.165, 1.54) is 5.56 Å². The molecule has 0 amide bonds. The molecule has 2 N–H and O–H groups in total. The van der Waals surface area contributed by atoms with E-state index in [2.05, 4.69) is 26.7 Å². The fraction of sp³-hybridized carbons (Fsp3) is 0.238. The molecule has 0 saturated heterocycles. The molecule has 0 saturated carbocycles. The van der Waals surface area contributed by atoms with E-state index in [0.717, 1.165) is 35.2 Å². The van der Waals surface area contributed by atoms with Crippen LogP contribution in [0.1, 0.15) is 11.3 Å². The number of hydrogen-bond donors (Lipinski definition) is 2. The molecule has 0 unspecified atom stereocenters. The predicted molar refractivity (Wildman–Crippen MR) is 113 cm³/mol. The number of anilines is 3. The molecule has 0 bridgehead atoms. The lowest BCUT2D eigenvalue weighted by Gasteiger charge is -2.12. The van der Waals surface area contributed by atoms with Crippen molar-refractivity contribution in [2.24, 2.45) is 0 Å². The van der Waals surface area contributed by atoms with Gasteiger partial charge in [-0.25, -0.2) is 4.98 Å². The van der Waals surface area contributed by atoms with Gasteiger partial charge in [0.25, 0.3) is 0 Å². The monoisotopic (exact) mass is 398 g/mol. The van der Waals surface area contributed by atoms with Crippen LogP contribution in [0.2, 0.25) is 5.02 Å². The minimum absolute atomic E-state index is 0.512. The summed E-state index contributed by atoms with van der Waals surface area (Å²) in [6.45, 7) is 2.68. The molecule has 7 heteroatoms. The molecule has 6 nitrogen and oxygen atoms in total. The summed E-state index contributed by atoms with van der Waals surface area (Å²) >= 11 is 6.03. The zero-order valence-corrected chi connectivity index (χ0v) is 16.9. The number of ether oxygens (including phenoxy) is 2. The van der Waals surface area contributed by atoms with Crippen molar-refractivity contribution < 1.29 is 9.47 Å². The van der Waals surface area contributed by atoms with E-state index in [-0.39, 0.29) is 0 Å². The van der Waals surface area contributed by atoms with Crippen LogP contribution in [0.15, 0.2) is 48.5 Å². The molecule has 0 spiro atoms. The summed E-state index contributed by atoms with van der Waals surface area (Å²) in [4.78, 5) is 9.00. The Bertz CT molecular complexity index is 949. The number of hydrogen-bond acceptors (Lipinski definition) is 6. The second-order valence-corrected chi connectivity index (χ2v) is 6.66. The van der Waals surface area contributed by atoms with Gasteiger partial charge in [0.1, 0.15) is 5.82 Å². The first kappa shape index (κ1) is 19.8. The van der Waals surface area contributed by atoms with Gasteiger partial charge < -0.3 is 20.1 Å². The van der Waals surface area contributed by atoms with E-state index in [4.69, 9.17) is 21.1 Å². The molecule has 1 aromatic heterocycles. The van der Waals surface area contributed by atoms with Crippen LogP contribution in [-0.4, -0.2) is 30.7 Å². The number of halogens is 1. The van der Waals surface area contributed by atoms with Crippen molar-refractivity contribution in [2.45, 2.75) is 13.3 Å². The smallest absolute Gasteiger partial charge is 0.229 e. The number of methoxy groups -OCH3 is 2. The summed E-state index contributed by atoms with van der Waals surface area (Å²) in [7, 11) is 3.21. The molecular formula is C21H23ClN4O2. The van der Waals surface area contributed by atoms with Gasteiger partial charge in [0.15, 0.2) is 11.5 Å². The Morgan fingerprint density at radius 2 is 1.79 bits per heavy atom. The molecule has 2 aromatic carbocycles. The zero-order valence-electron chi connectivity index (χ0n) is 16.1. The maximum atomic E-state index is 6.03. The highest BCUT2D eigenvalue weighted by molar-refractivity contribution is 6.30. The van der Waals surface area contributed by atoms with Crippen LogP contribution in [0.4, 0.5) is 17.5 Å². The SMILES string of the molecule is COc1ccc(Nc2nc(C)cc(NCCc3cccc(Cl)c3)n2)cc1OC. The van der Waals surface area contributed by atoms with Gasteiger partial charge in [-0.15, -0.1) is 0 Å². The molecule has 0 radical (unpaired) electrons. The maximum absolute atomic E-state index is 6.03. The molecule has 0 atom stereocenters. The summed E-state index contributed by atoms with van der Waals surface area (Å²) in [6.07, 6.45) is 0.849. The molecule has 146 valence electrons. The molecule has 0 aliphatic heterocycles. The van der Waals surface area contributed by atoms with E-state index in [9.17, 15) is 0 Å². The molecule has 28 heavy (non-hydrogen) atoms. The highest BCUT2D eigenvalue weighted by Gasteiger charge is 2.07. The van der Waals surface area contributed by atoms with E-state index in [1.807, 2.05) is 49.4 Å². The zero-order chi connectivity index (χ0) is 19.9. The van der Waals surface area contributed by atoms with Crippen LogP contribution in [-0.2, 0) is 6.42 Å². The fourth-order valence-corrected chi connectivity index (χ4v) is 3.00. The number of aryl methyl sites for hydroxylation is 1. The van der Waals surface area contributed by atoms with Crippen molar-refractivity contribution in [1.82, 2.24) is 9.97 Å². The highest BCUT2D eigenvalue weighted by Crippen LogP contribution is 2.30. The number of aromatic nitrogens is 2. The van der Waals surface area contributed by atoms with Crippen LogP contribution < -0.4 is 20.1 Å². The van der Waals surface area contributed by atoms with Gasteiger partial charge in [0.05, 0.1) is 14.2 Å². The lowest BCUT2D eigenvalue weighted by molar-refractivity contribution is 0.355. The lowest BCUT2D eigenvalue weighted by Crippen LogP contribution is -2.08. The van der Waals surface area contributed by atoms with Crippen molar-refractivity contribution in [3.63, 3.8) is 0 Å². The molecule has 0 fully saturated rings. The standard InChI is InChI=1S/C21H23ClN4O2/c1-14-11-20(23-10-9-15-5-4-6-16(22)12-15)26-21(24-14)25-17-7-8-18(27-2)19(13-17)28-3/h4-8,11-13H,9-10H2,1-3H3,(H2,23,24,25,26). The molecule has 0 aliphatic rings. The van der Waals surface area contributed by atoms with Crippen LogP contribution in [0.25, 0.3) is 0 Å². The van der Waals surface area contributed by atoms with Crippen molar-refractivity contribution in [2.75, 3.05) is 31.4 Å². The molecule has 3 rings (SSSR count). The molecule has 3 aromatic rings. The molecular weight excluding hydrogens is 376 g/mol. The minimum atomic E-state index is 0.512. The molecule has 1 heterocycles. The summed E-state index contributed by atoms with van der Waals surface area (Å²) in [5, 5.41) is 7.30. The Hall–Kier alpha value is -2.99. The summed E-state index contributed by atoms with van der Waals surface area (Å²) in [5.74, 6) is 2.58. The van der Waals surface area contributed by atoms with Gasteiger partial charge >= 0.3 is 0 Å². The minimum Gasteiger partial charge on any atom is -0.493 e. The normalized spacial score (nSPS) is 10.4. The van der Waals surface area contributed by atoms with E-state index >= 15 is 0 Å². The van der Waals surface area contributed by atoms with Crippen molar-refractivity contribution >= 4 is 29.1 Å². The van der Waals surface area contributed by atoms with Gasteiger partial charge in [-0.1, -0.05) is 23.7 Å². The van der Waals surface area contributed by atoms with Gasteiger partial charge in [0.2, 0.25) is 5.95 Å². The Labute approximate surface area is 169 Å². The average molecular weight is 399 g/mol. The third-order valence-electron chi connectivity index (χ3n) is 4.10. The first-order valence-corrected chi connectivity index (χ1v) is 9.28. The third kappa shape index (κ3) is 5.27. The van der Waals surface area contributed by atoms with E-state index < -0.39 is 0 Å². The van der Waals surface area contributed by atoms with Gasteiger partial charge in [-0.2, -0.15) is 4.98 Å². The lowest BCUT2D eigenvalue weighted by atomic mass is 10.1. The van der Waals surface area contributed by atoms with Crippen LogP contribution >= 0.6 is 11.6 Å². The predicted octanol–water partition coefficient (Wildman–Crippen LogP) is 4.85. The summed E-state index contributed by atoms with van der Waals surface area (Å²) in [6, 6.07) is 15.3. The quantitative estimate of drug-likeness (QED) is 0.565. The number of benzene rings is 2. The van der Waals surface area contributed by atoms with Crippen LogP contribution in [0.3, 0.4) is 0 Å². The second-order valence-electron chi connectivity index (χ2n) is 6.22. The van der Waals surface area contributed by atoms with E-state index in [0.29, 0.717) is 17.4 Å². The topological polar surface area (TPSA) is 68.3 Å². The number of rotatable bonds is 8. The third-order valence-corrected chi connectivity index (χ3v) is 4.34. The van der Waals surface area contributed by atoms with Gasteiger partial charge in [-0.3, -0.25) is 0 Å². The van der Waals surface area contributed by atoms with Crippen LogP contribution in [0.5, 0.6) is 11.5 Å². The number of nitrogens with one attached hydrogen (secondary N) is 2. The first-order chi connectivity index (χ1) is 13.6. The Morgan fingerprint density at radius 3 is 2.54 bits per heavy atom. The largest absolute Gasteiger partial charge is 0.493 e. The highest BCUT2D eigenvalue weighted by atomic mass is 35.5. The van der Waals surface area contributed by atoms with Gasteiger partial charge in [0, 0.05) is 35.1 Å². The average Bonchev–Trinajstić information content (AvgIpc) is 2.67. The molecule has 0 aliphatic carbocycles. The first-order valence-electron chi connectivity index (χ1n) is 8.90. The van der Waals surface area contributed by atoms with Gasteiger partial charge in [-0.05, 0) is 43.2 Å².